The molecule has 0 bridgehead atoms. The molecule has 1 heterocycles. The molecule has 0 aliphatic rings. The van der Waals surface area contributed by atoms with Gasteiger partial charge in [0, 0.05) is 12.6 Å². The van der Waals surface area contributed by atoms with E-state index < -0.39 is 0 Å². The molecule has 0 spiro atoms. The molecule has 0 saturated carbocycles. The van der Waals surface area contributed by atoms with Crippen LogP contribution in [0.5, 0.6) is 0 Å². The highest BCUT2D eigenvalue weighted by Crippen LogP contribution is 1.88. The van der Waals surface area contributed by atoms with Crippen LogP contribution >= 0.6 is 0 Å². The summed E-state index contributed by atoms with van der Waals surface area (Å²) in [5, 5.41) is 11.5. The molecule has 0 fully saturated rings. The minimum Gasteiger partial charge on any atom is -0.351 e. The first-order valence-corrected chi connectivity index (χ1v) is 4.72. The Bertz CT molecular complexity index is 354. The van der Waals surface area contributed by atoms with Crippen LogP contribution in [0.15, 0.2) is 16.9 Å². The summed E-state index contributed by atoms with van der Waals surface area (Å²) in [7, 11) is 1.85. The van der Waals surface area contributed by atoms with E-state index in [4.69, 9.17) is 0 Å². The zero-order valence-corrected chi connectivity index (χ0v) is 8.54. The molecule has 0 radical (unpaired) electrons. The monoisotopic (exact) mass is 210 g/mol. The molecule has 1 amide bonds. The average Bonchev–Trinajstić information content (AvgIpc) is 2.25. The first-order chi connectivity index (χ1) is 7.24. The highest BCUT2D eigenvalue weighted by Gasteiger charge is 2.05. The predicted octanol–water partition coefficient (Wildman–Crippen LogP) is -0.891. The number of hydrogen-bond acceptors (Lipinski definition) is 4. The average molecular weight is 210 g/mol. The van der Waals surface area contributed by atoms with Crippen LogP contribution in [-0.4, -0.2) is 36.2 Å². The van der Waals surface area contributed by atoms with E-state index in [-0.39, 0.29) is 17.2 Å². The van der Waals surface area contributed by atoms with Gasteiger partial charge < -0.3 is 10.6 Å². The van der Waals surface area contributed by atoms with Crippen LogP contribution in [0.25, 0.3) is 0 Å². The van der Waals surface area contributed by atoms with E-state index >= 15 is 0 Å². The second-order valence-electron chi connectivity index (χ2n) is 3.02. The number of amides is 1. The fraction of sp³-hybridized carbons (Fsp3) is 0.444. The Morgan fingerprint density at radius 3 is 2.87 bits per heavy atom. The van der Waals surface area contributed by atoms with Crippen molar-refractivity contribution in [2.24, 2.45) is 0 Å². The molecule has 3 N–H and O–H groups in total. The van der Waals surface area contributed by atoms with E-state index in [1.165, 1.54) is 12.1 Å². The number of hydrogen-bond donors (Lipinski definition) is 3. The molecule has 1 aromatic heterocycles. The molecule has 0 aliphatic carbocycles. The SMILES string of the molecule is CNCCCNC(=O)c1ccc(=O)[nH]n1. The van der Waals surface area contributed by atoms with Gasteiger partial charge in [0.1, 0.15) is 5.69 Å². The largest absolute Gasteiger partial charge is 0.351 e. The summed E-state index contributed by atoms with van der Waals surface area (Å²) in [6, 6.07) is 2.67. The fourth-order valence-electron chi connectivity index (χ4n) is 1.03. The van der Waals surface area contributed by atoms with Gasteiger partial charge in [-0.25, -0.2) is 5.10 Å². The summed E-state index contributed by atoms with van der Waals surface area (Å²) < 4.78 is 0. The molecule has 0 aromatic carbocycles. The second kappa shape index (κ2) is 5.92. The lowest BCUT2D eigenvalue weighted by atomic mass is 10.3. The van der Waals surface area contributed by atoms with Crippen LogP contribution in [-0.2, 0) is 0 Å². The molecule has 0 saturated heterocycles. The van der Waals surface area contributed by atoms with Crippen molar-refractivity contribution in [3.8, 4) is 0 Å². The van der Waals surface area contributed by atoms with E-state index in [1.807, 2.05) is 7.05 Å². The third-order valence-corrected chi connectivity index (χ3v) is 1.80. The number of carbonyl (C=O) groups is 1. The van der Waals surface area contributed by atoms with Gasteiger partial charge in [-0.3, -0.25) is 9.59 Å². The molecule has 15 heavy (non-hydrogen) atoms. The summed E-state index contributed by atoms with van der Waals surface area (Å²) in [4.78, 5) is 22.1. The van der Waals surface area contributed by atoms with Gasteiger partial charge in [0.25, 0.3) is 11.5 Å². The lowest BCUT2D eigenvalue weighted by Gasteiger charge is -2.03. The molecule has 1 aromatic rings. The Hall–Kier alpha value is -1.69. The van der Waals surface area contributed by atoms with Crippen molar-refractivity contribution in [3.63, 3.8) is 0 Å². The van der Waals surface area contributed by atoms with E-state index in [2.05, 4.69) is 20.8 Å². The predicted molar refractivity (Wildman–Crippen MR) is 55.7 cm³/mol. The highest BCUT2D eigenvalue weighted by atomic mass is 16.2. The van der Waals surface area contributed by atoms with Crippen LogP contribution in [0.4, 0.5) is 0 Å². The van der Waals surface area contributed by atoms with Crippen LogP contribution in [0.3, 0.4) is 0 Å². The lowest BCUT2D eigenvalue weighted by Crippen LogP contribution is -2.28. The summed E-state index contributed by atoms with van der Waals surface area (Å²) in [6.45, 7) is 1.43. The zero-order chi connectivity index (χ0) is 11.1. The van der Waals surface area contributed by atoms with Crippen LogP contribution < -0.4 is 16.2 Å². The first-order valence-electron chi connectivity index (χ1n) is 4.72. The number of H-pyrrole nitrogens is 1. The molecule has 0 aliphatic heterocycles. The van der Waals surface area contributed by atoms with Gasteiger partial charge in [-0.1, -0.05) is 0 Å². The Kier molecular flexibility index (Phi) is 4.49. The number of aromatic amines is 1. The fourth-order valence-corrected chi connectivity index (χ4v) is 1.03. The van der Waals surface area contributed by atoms with Crippen molar-refractivity contribution in [1.29, 1.82) is 0 Å². The Morgan fingerprint density at radius 2 is 2.27 bits per heavy atom. The molecule has 6 heteroatoms. The van der Waals surface area contributed by atoms with Gasteiger partial charge in [-0.2, -0.15) is 5.10 Å². The van der Waals surface area contributed by atoms with Gasteiger partial charge in [0.05, 0.1) is 0 Å². The van der Waals surface area contributed by atoms with Crippen molar-refractivity contribution < 1.29 is 4.79 Å². The van der Waals surface area contributed by atoms with Crippen LogP contribution in [0.1, 0.15) is 16.9 Å². The van der Waals surface area contributed by atoms with Crippen molar-refractivity contribution in [3.05, 3.63) is 28.2 Å². The van der Waals surface area contributed by atoms with Gasteiger partial charge in [0.15, 0.2) is 0 Å². The molecular formula is C9H14N4O2. The van der Waals surface area contributed by atoms with Crippen molar-refractivity contribution in [2.75, 3.05) is 20.1 Å². The van der Waals surface area contributed by atoms with Gasteiger partial charge in [-0.15, -0.1) is 0 Å². The Morgan fingerprint density at radius 1 is 1.47 bits per heavy atom. The molecule has 82 valence electrons. The summed E-state index contributed by atoms with van der Waals surface area (Å²) >= 11 is 0. The third-order valence-electron chi connectivity index (χ3n) is 1.80. The van der Waals surface area contributed by atoms with Crippen LogP contribution in [0.2, 0.25) is 0 Å². The number of rotatable bonds is 5. The molecular weight excluding hydrogens is 196 g/mol. The van der Waals surface area contributed by atoms with E-state index in [9.17, 15) is 9.59 Å². The summed E-state index contributed by atoms with van der Waals surface area (Å²) in [6.07, 6.45) is 0.853. The molecule has 1 rings (SSSR count). The lowest BCUT2D eigenvalue weighted by molar-refractivity contribution is 0.0947. The van der Waals surface area contributed by atoms with E-state index in [1.54, 1.807) is 0 Å². The van der Waals surface area contributed by atoms with E-state index in [0.29, 0.717) is 6.54 Å². The normalized spacial score (nSPS) is 9.93. The Balaban J connectivity index is 2.40. The van der Waals surface area contributed by atoms with Crippen molar-refractivity contribution in [1.82, 2.24) is 20.8 Å². The van der Waals surface area contributed by atoms with Gasteiger partial charge in [0.2, 0.25) is 0 Å². The standard InChI is InChI=1S/C9H14N4O2/c1-10-5-2-6-11-9(15)7-3-4-8(14)13-12-7/h3-4,10H,2,5-6H2,1H3,(H,11,15)(H,13,14). The minimum atomic E-state index is -0.318. The third kappa shape index (κ3) is 3.90. The highest BCUT2D eigenvalue weighted by molar-refractivity contribution is 5.91. The smallest absolute Gasteiger partial charge is 0.271 e. The number of nitrogens with zero attached hydrogens (tertiary/aromatic N) is 1. The molecule has 0 unspecified atom stereocenters. The topological polar surface area (TPSA) is 86.9 Å². The molecule has 6 nitrogen and oxygen atoms in total. The van der Waals surface area contributed by atoms with Crippen molar-refractivity contribution in [2.45, 2.75) is 6.42 Å². The first kappa shape index (κ1) is 11.4. The second-order valence-corrected chi connectivity index (χ2v) is 3.02. The quantitative estimate of drug-likeness (QED) is 0.550. The van der Waals surface area contributed by atoms with Crippen molar-refractivity contribution >= 4 is 5.91 Å². The summed E-state index contributed by atoms with van der Waals surface area (Å²) in [5.74, 6) is -0.276. The number of nitrogens with one attached hydrogen (secondary N) is 3. The molecule has 0 atom stereocenters. The van der Waals surface area contributed by atoms with Gasteiger partial charge >= 0.3 is 0 Å². The summed E-state index contributed by atoms with van der Waals surface area (Å²) in [5.41, 5.74) is -0.0965. The van der Waals surface area contributed by atoms with Crippen LogP contribution in [0, 0.1) is 0 Å². The number of aromatic nitrogens is 2. The van der Waals surface area contributed by atoms with E-state index in [0.717, 1.165) is 13.0 Å². The Labute approximate surface area is 87.1 Å². The minimum absolute atomic E-state index is 0.221. The maximum absolute atomic E-state index is 11.4. The van der Waals surface area contributed by atoms with Gasteiger partial charge in [-0.05, 0) is 26.1 Å². The zero-order valence-electron chi connectivity index (χ0n) is 8.54. The maximum atomic E-state index is 11.4. The maximum Gasteiger partial charge on any atom is 0.271 e. The number of carbonyl (C=O) groups excluding carboxylic acids is 1.